The Morgan fingerprint density at radius 1 is 1.14 bits per heavy atom. The number of hydrogen-bond donors (Lipinski definition) is 1. The summed E-state index contributed by atoms with van der Waals surface area (Å²) in [6, 6.07) is 0. The fraction of sp³-hybridized carbons (Fsp3) is 0.429. The van der Waals surface area contributed by atoms with Crippen LogP contribution in [0.5, 0.6) is 0 Å². The molecule has 1 rings (SSSR count). The molecule has 7 heteroatoms. The van der Waals surface area contributed by atoms with Crippen LogP contribution < -0.4 is 0 Å². The van der Waals surface area contributed by atoms with Gasteiger partial charge in [0.2, 0.25) is 5.78 Å². The highest BCUT2D eigenvalue weighted by Crippen LogP contribution is 2.29. The second-order valence-corrected chi connectivity index (χ2v) is 2.56. The third-order valence-electron chi connectivity index (χ3n) is 1.53. The molecule has 0 radical (unpaired) electrons. The summed E-state index contributed by atoms with van der Waals surface area (Å²) in [4.78, 5) is 21.5. The summed E-state index contributed by atoms with van der Waals surface area (Å²) in [6.45, 7) is -1.58. The summed E-state index contributed by atoms with van der Waals surface area (Å²) in [5, 5.41) is 8.83. The maximum absolute atomic E-state index is 12.1. The minimum absolute atomic E-state index is 0.725. The largest absolute Gasteiger partial charge is 0.504 e. The molecular weight excluding hydrogens is 205 g/mol. The molecule has 0 fully saturated rings. The predicted octanol–water partition coefficient (Wildman–Crippen LogP) is 0.529. The van der Waals surface area contributed by atoms with E-state index in [9.17, 15) is 22.8 Å². The van der Waals surface area contributed by atoms with E-state index in [0.29, 0.717) is 0 Å². The topological polar surface area (TPSA) is 63.6 Å². The number of ether oxygens (including phenoxy) is 1. The van der Waals surface area contributed by atoms with E-state index < -0.39 is 42.3 Å². The van der Waals surface area contributed by atoms with Gasteiger partial charge in [-0.05, 0) is 0 Å². The van der Waals surface area contributed by atoms with Gasteiger partial charge in [-0.1, -0.05) is 0 Å². The van der Waals surface area contributed by atoms with Gasteiger partial charge in [-0.15, -0.1) is 0 Å². The molecule has 1 aliphatic rings. The minimum atomic E-state index is -5.04. The first-order chi connectivity index (χ1) is 6.34. The molecule has 0 aromatic heterocycles. The van der Waals surface area contributed by atoms with Gasteiger partial charge in [-0.3, -0.25) is 9.59 Å². The van der Waals surface area contributed by atoms with Crippen LogP contribution in [0.4, 0.5) is 13.2 Å². The molecular formula is C7H5F3O4. The van der Waals surface area contributed by atoms with E-state index >= 15 is 0 Å². The van der Waals surface area contributed by atoms with Crippen molar-refractivity contribution < 1.29 is 32.6 Å². The minimum Gasteiger partial charge on any atom is -0.504 e. The summed E-state index contributed by atoms with van der Waals surface area (Å²) >= 11 is 0. The van der Waals surface area contributed by atoms with Crippen molar-refractivity contribution in [2.45, 2.75) is 6.18 Å². The van der Waals surface area contributed by atoms with Gasteiger partial charge in [0.15, 0.2) is 11.5 Å². The Morgan fingerprint density at radius 3 is 2.14 bits per heavy atom. The van der Waals surface area contributed by atoms with Crippen LogP contribution in [0.3, 0.4) is 0 Å². The highest BCUT2D eigenvalue weighted by atomic mass is 19.4. The Labute approximate surface area is 76.0 Å². The number of alkyl halides is 3. The molecule has 4 nitrogen and oxygen atoms in total. The van der Waals surface area contributed by atoms with Gasteiger partial charge in [0.25, 0.3) is 0 Å². The number of Topliss-reactive ketones (excluding diaryl/α,β-unsaturated/α-hetero) is 2. The van der Waals surface area contributed by atoms with Gasteiger partial charge in [0.1, 0.15) is 18.8 Å². The smallest absolute Gasteiger partial charge is 0.423 e. The maximum Gasteiger partial charge on any atom is 0.423 e. The van der Waals surface area contributed by atoms with Crippen LogP contribution in [-0.2, 0) is 14.3 Å². The molecule has 0 spiro atoms. The average molecular weight is 210 g/mol. The van der Waals surface area contributed by atoms with Crippen LogP contribution in [-0.4, -0.2) is 36.1 Å². The van der Waals surface area contributed by atoms with E-state index in [0.717, 1.165) is 0 Å². The Balaban J connectivity index is 3.23. The fourth-order valence-electron chi connectivity index (χ4n) is 0.941. The van der Waals surface area contributed by atoms with Crippen molar-refractivity contribution in [1.29, 1.82) is 0 Å². The number of aliphatic hydroxyl groups is 1. The van der Waals surface area contributed by atoms with Crippen LogP contribution in [0.2, 0.25) is 0 Å². The third-order valence-corrected chi connectivity index (χ3v) is 1.53. The van der Waals surface area contributed by atoms with Crippen molar-refractivity contribution in [2.75, 3.05) is 13.2 Å². The molecule has 0 atom stereocenters. The van der Waals surface area contributed by atoms with Crippen molar-refractivity contribution in [1.82, 2.24) is 0 Å². The summed E-state index contributed by atoms with van der Waals surface area (Å²) in [6.07, 6.45) is -5.04. The van der Waals surface area contributed by atoms with E-state index in [4.69, 9.17) is 5.11 Å². The second-order valence-electron chi connectivity index (χ2n) is 2.56. The van der Waals surface area contributed by atoms with Crippen LogP contribution in [0.15, 0.2) is 11.3 Å². The lowest BCUT2D eigenvalue weighted by atomic mass is 10.1. The number of hydrogen-bond acceptors (Lipinski definition) is 4. The van der Waals surface area contributed by atoms with Gasteiger partial charge in [0, 0.05) is 0 Å². The van der Waals surface area contributed by atoms with Gasteiger partial charge in [-0.25, -0.2) is 0 Å². The first-order valence-electron chi connectivity index (χ1n) is 3.48. The number of aliphatic hydroxyl groups excluding tert-OH is 1. The molecule has 0 amide bonds. The summed E-state index contributed by atoms with van der Waals surface area (Å²) in [7, 11) is 0. The normalized spacial score (nSPS) is 19.9. The first-order valence-corrected chi connectivity index (χ1v) is 3.48. The van der Waals surface area contributed by atoms with E-state index in [2.05, 4.69) is 4.74 Å². The molecule has 1 N–H and O–H groups in total. The molecule has 0 aliphatic carbocycles. The highest BCUT2D eigenvalue weighted by Gasteiger charge is 2.44. The third kappa shape index (κ3) is 1.92. The molecule has 0 saturated heterocycles. The monoisotopic (exact) mass is 210 g/mol. The van der Waals surface area contributed by atoms with E-state index in [1.54, 1.807) is 0 Å². The number of rotatable bonds is 0. The Morgan fingerprint density at radius 2 is 1.64 bits per heavy atom. The van der Waals surface area contributed by atoms with Crippen molar-refractivity contribution in [2.24, 2.45) is 0 Å². The second kappa shape index (κ2) is 3.41. The predicted molar refractivity (Wildman–Crippen MR) is 36.5 cm³/mol. The van der Waals surface area contributed by atoms with Crippen molar-refractivity contribution in [3.63, 3.8) is 0 Å². The lowest BCUT2D eigenvalue weighted by molar-refractivity contribution is -0.132. The lowest BCUT2D eigenvalue weighted by Gasteiger charge is -2.08. The van der Waals surface area contributed by atoms with Gasteiger partial charge in [-0.2, -0.15) is 13.2 Å². The number of halogens is 3. The van der Waals surface area contributed by atoms with E-state index in [-0.39, 0.29) is 0 Å². The average Bonchev–Trinajstić information content (AvgIpc) is 2.11. The fourth-order valence-corrected chi connectivity index (χ4v) is 0.941. The number of carbonyl (C=O) groups excluding carboxylic acids is 2. The molecule has 1 heterocycles. The zero-order chi connectivity index (χ0) is 10.9. The molecule has 1 aliphatic heterocycles. The standard InChI is InChI=1S/C7H5F3O4/c8-7(9,10)5-3(11)1-14-2-4(12)6(5)13/h13H,1-2H2. The van der Waals surface area contributed by atoms with Gasteiger partial charge in [0.05, 0.1) is 0 Å². The SMILES string of the molecule is O=C1COCC(=O)C(C(F)(F)F)=C1O. The number of carbonyl (C=O) groups is 2. The summed E-state index contributed by atoms with van der Waals surface area (Å²) in [5.74, 6) is -4.26. The Bertz CT molecular complexity index is 315. The number of ketones is 2. The molecule has 14 heavy (non-hydrogen) atoms. The van der Waals surface area contributed by atoms with Crippen molar-refractivity contribution in [3.8, 4) is 0 Å². The van der Waals surface area contributed by atoms with Crippen LogP contribution in [0.25, 0.3) is 0 Å². The first kappa shape index (κ1) is 10.7. The van der Waals surface area contributed by atoms with Gasteiger partial charge >= 0.3 is 6.18 Å². The summed E-state index contributed by atoms with van der Waals surface area (Å²) < 4.78 is 40.8. The van der Waals surface area contributed by atoms with Crippen LogP contribution in [0, 0.1) is 0 Å². The Hall–Kier alpha value is -1.37. The molecule has 0 bridgehead atoms. The van der Waals surface area contributed by atoms with Crippen LogP contribution >= 0.6 is 0 Å². The molecule has 0 aromatic carbocycles. The maximum atomic E-state index is 12.1. The molecule has 0 unspecified atom stereocenters. The zero-order valence-electron chi connectivity index (χ0n) is 6.72. The quantitative estimate of drug-likeness (QED) is 0.633. The van der Waals surface area contributed by atoms with Crippen molar-refractivity contribution >= 4 is 11.6 Å². The van der Waals surface area contributed by atoms with E-state index in [1.165, 1.54) is 0 Å². The molecule has 78 valence electrons. The lowest BCUT2D eigenvalue weighted by Crippen LogP contribution is -2.24. The summed E-state index contributed by atoms with van der Waals surface area (Å²) in [5.41, 5.74) is -1.83. The zero-order valence-corrected chi connectivity index (χ0v) is 6.72. The Kier molecular flexibility index (Phi) is 2.61. The molecule has 0 saturated carbocycles. The van der Waals surface area contributed by atoms with Crippen molar-refractivity contribution in [3.05, 3.63) is 11.3 Å². The van der Waals surface area contributed by atoms with Crippen LogP contribution in [0.1, 0.15) is 0 Å². The van der Waals surface area contributed by atoms with Gasteiger partial charge < -0.3 is 9.84 Å². The highest BCUT2D eigenvalue weighted by molar-refractivity contribution is 6.07. The van der Waals surface area contributed by atoms with E-state index in [1.807, 2.05) is 0 Å². The molecule has 0 aromatic rings.